The topological polar surface area (TPSA) is 564 Å². The molecule has 0 aliphatic carbocycles. The number of amides is 1. The zero-order valence-corrected chi connectivity index (χ0v) is 35.7. The highest BCUT2D eigenvalue weighted by atomic mass is 32.3. The molecule has 20 atom stereocenters. The van der Waals surface area contributed by atoms with Crippen LogP contribution < -0.4 is 5.32 Å². The minimum atomic E-state index is -6.01. The summed E-state index contributed by atoms with van der Waals surface area (Å²) in [7, 11) is -22.9. The summed E-state index contributed by atoms with van der Waals surface area (Å²) in [6.07, 6.45) is -49.4. The number of carboxylic acids is 2. The summed E-state index contributed by atoms with van der Waals surface area (Å²) in [4.78, 5) is 36.5. The van der Waals surface area contributed by atoms with Crippen LogP contribution in [-0.4, -0.2) is 252 Å². The average Bonchev–Trinajstić information content (AvgIpc) is 3.15. The summed E-state index contributed by atoms with van der Waals surface area (Å²) in [5.74, 6) is -5.29. The van der Waals surface area contributed by atoms with Crippen molar-refractivity contribution in [2.45, 2.75) is 130 Å². The van der Waals surface area contributed by atoms with Gasteiger partial charge in [0, 0.05) is 6.92 Å². The van der Waals surface area contributed by atoms with E-state index in [1.807, 2.05) is 0 Å². The molecule has 384 valence electrons. The Bertz CT molecular complexity index is 2180. The van der Waals surface area contributed by atoms with Crippen LogP contribution in [0.15, 0.2) is 0 Å². The van der Waals surface area contributed by atoms with Gasteiger partial charge in [0.05, 0.1) is 13.2 Å². The molecule has 0 bridgehead atoms. The summed E-state index contributed by atoms with van der Waals surface area (Å²) in [5, 5.41) is 96.6. The fraction of sp³-hybridized carbons (Fsp3) is 0.885. The SMILES string of the molecule is CC(=O)N[C@H]1[C@@H](O[C@H]2[C@H](O)[C@@H](O)[C@H](O[C@H]3[C@H](OS(=O)(=O)O)[C@@H](OS(=O)(=O)O)[C@@H](O[C@H]4[C@@H](O)[C@@H](OS(=O)(=O)O)C(O)O[C@H]4C(=O)O)O[C@@H]3CO)O[C@@H]2C(=O)O)O[C@H](COS(=O)(=O)O)[C@@H](O)[C@@H]1O. The van der Waals surface area contributed by atoms with Gasteiger partial charge in [0.2, 0.25) is 5.91 Å². The van der Waals surface area contributed by atoms with E-state index in [4.69, 9.17) is 37.5 Å². The molecule has 1 amide bonds. The van der Waals surface area contributed by atoms with Gasteiger partial charge in [-0.15, -0.1) is 0 Å². The maximum Gasteiger partial charge on any atom is 0.397 e. The number of aliphatic hydroxyl groups is 7. The van der Waals surface area contributed by atoms with Crippen molar-refractivity contribution < 1.29 is 162 Å². The van der Waals surface area contributed by atoms with Gasteiger partial charge in [-0.3, -0.25) is 23.0 Å². The molecule has 4 heterocycles. The zero-order valence-electron chi connectivity index (χ0n) is 32.4. The zero-order chi connectivity index (χ0) is 50.2. The average molecular weight is 1060 g/mol. The van der Waals surface area contributed by atoms with E-state index in [0.717, 1.165) is 6.92 Å². The van der Waals surface area contributed by atoms with Crippen molar-refractivity contribution in [2.24, 2.45) is 0 Å². The normalized spacial score (nSPS) is 40.6. The number of carbonyl (C=O) groups is 3. The molecule has 0 saturated carbocycles. The summed E-state index contributed by atoms with van der Waals surface area (Å²) >= 11 is 0. The van der Waals surface area contributed by atoms with E-state index in [0.29, 0.717) is 0 Å². The first-order valence-electron chi connectivity index (χ1n) is 17.7. The molecule has 0 aromatic carbocycles. The van der Waals surface area contributed by atoms with Gasteiger partial charge < -0.3 is 84.4 Å². The van der Waals surface area contributed by atoms with Crippen molar-refractivity contribution >= 4 is 59.4 Å². The number of hydrogen-bond donors (Lipinski definition) is 14. The van der Waals surface area contributed by atoms with Crippen LogP contribution in [0.3, 0.4) is 0 Å². The van der Waals surface area contributed by atoms with Gasteiger partial charge in [-0.05, 0) is 0 Å². The summed E-state index contributed by atoms with van der Waals surface area (Å²) in [5.41, 5.74) is 0. The molecule has 4 aliphatic heterocycles. The van der Waals surface area contributed by atoms with E-state index in [-0.39, 0.29) is 0 Å². The summed E-state index contributed by atoms with van der Waals surface area (Å²) in [6.45, 7) is -1.95. The summed E-state index contributed by atoms with van der Waals surface area (Å²) in [6, 6.07) is -1.93. The number of nitrogens with one attached hydrogen (secondary N) is 1. The minimum absolute atomic E-state index is 0.866. The van der Waals surface area contributed by atoms with Gasteiger partial charge >= 0.3 is 53.5 Å². The lowest BCUT2D eigenvalue weighted by molar-refractivity contribution is -0.375. The number of rotatable bonds is 19. The van der Waals surface area contributed by atoms with Crippen molar-refractivity contribution in [3.8, 4) is 0 Å². The van der Waals surface area contributed by atoms with Gasteiger partial charge in [0.25, 0.3) is 0 Å². The second-order valence-corrected chi connectivity index (χ2v) is 18.2. The lowest BCUT2D eigenvalue weighted by Gasteiger charge is -2.49. The molecule has 4 saturated heterocycles. The van der Waals surface area contributed by atoms with E-state index in [2.05, 4.69) is 26.8 Å². The highest BCUT2D eigenvalue weighted by Gasteiger charge is 2.60. The molecule has 1 unspecified atom stereocenters. The van der Waals surface area contributed by atoms with Crippen molar-refractivity contribution in [1.82, 2.24) is 5.32 Å². The fourth-order valence-corrected chi connectivity index (χ4v) is 8.50. The fourth-order valence-electron chi connectivity index (χ4n) is 6.72. The minimum Gasteiger partial charge on any atom is -0.479 e. The maximum absolute atomic E-state index is 12.5. The highest BCUT2D eigenvalue weighted by molar-refractivity contribution is 7.81. The number of carboxylic acid groups (broad SMARTS) is 2. The van der Waals surface area contributed by atoms with Crippen LogP contribution in [-0.2, 0) is 106 Å². The smallest absolute Gasteiger partial charge is 0.397 e. The molecular weight excluding hydrogens is 1010 g/mol. The lowest BCUT2D eigenvalue weighted by atomic mass is 9.95. The number of ether oxygens (including phenoxy) is 7. The Morgan fingerprint density at radius 3 is 1.48 bits per heavy atom. The molecule has 0 spiro atoms. The van der Waals surface area contributed by atoms with Crippen LogP contribution in [0, 0.1) is 0 Å². The Morgan fingerprint density at radius 2 is 0.985 bits per heavy atom. The Balaban J connectivity index is 1.72. The number of aliphatic carboxylic acids is 2. The molecule has 14 N–H and O–H groups in total. The molecule has 0 aromatic heterocycles. The number of hydrogen-bond acceptors (Lipinski definition) is 29. The van der Waals surface area contributed by atoms with Gasteiger partial charge in [0.15, 0.2) is 49.6 Å². The Kier molecular flexibility index (Phi) is 18.3. The molecule has 36 nitrogen and oxygen atoms in total. The van der Waals surface area contributed by atoms with Crippen molar-refractivity contribution in [1.29, 1.82) is 0 Å². The molecule has 0 radical (unpaired) electrons. The molecule has 66 heavy (non-hydrogen) atoms. The second kappa shape index (κ2) is 21.5. The van der Waals surface area contributed by atoms with E-state index >= 15 is 0 Å². The first kappa shape index (κ1) is 55.9. The largest absolute Gasteiger partial charge is 0.479 e. The van der Waals surface area contributed by atoms with Crippen molar-refractivity contribution in [3.63, 3.8) is 0 Å². The van der Waals surface area contributed by atoms with Crippen LogP contribution in [0.5, 0.6) is 0 Å². The molecule has 0 aromatic rings. The molecular formula is C26H41NO35S4. The Labute approximate surface area is 369 Å². The van der Waals surface area contributed by atoms with E-state index < -0.39 is 195 Å². The number of aliphatic hydroxyl groups excluding tert-OH is 7. The predicted octanol–water partition coefficient (Wildman–Crippen LogP) is -10.1. The summed E-state index contributed by atoms with van der Waals surface area (Å²) < 4.78 is 185. The van der Waals surface area contributed by atoms with Crippen LogP contribution in [0.4, 0.5) is 0 Å². The quantitative estimate of drug-likeness (QED) is 0.0534. The monoisotopic (exact) mass is 1060 g/mol. The van der Waals surface area contributed by atoms with Gasteiger partial charge in [-0.25, -0.2) is 26.3 Å². The van der Waals surface area contributed by atoms with Crippen molar-refractivity contribution in [3.05, 3.63) is 0 Å². The van der Waals surface area contributed by atoms with Crippen molar-refractivity contribution in [2.75, 3.05) is 13.2 Å². The van der Waals surface area contributed by atoms with Gasteiger partial charge in [0.1, 0.15) is 73.2 Å². The van der Waals surface area contributed by atoms with Crippen LogP contribution >= 0.6 is 0 Å². The van der Waals surface area contributed by atoms with E-state index in [1.165, 1.54) is 0 Å². The van der Waals surface area contributed by atoms with Gasteiger partial charge in [-0.1, -0.05) is 0 Å². The van der Waals surface area contributed by atoms with Crippen LogP contribution in [0.1, 0.15) is 6.92 Å². The number of carbonyl (C=O) groups excluding carboxylic acids is 1. The second-order valence-electron chi connectivity index (χ2n) is 14.0. The molecule has 4 aliphatic rings. The van der Waals surface area contributed by atoms with Crippen LogP contribution in [0.25, 0.3) is 0 Å². The Morgan fingerprint density at radius 1 is 0.515 bits per heavy atom. The Hall–Kier alpha value is -2.67. The highest BCUT2D eigenvalue weighted by Crippen LogP contribution is 2.37. The first-order chi connectivity index (χ1) is 30.1. The van der Waals surface area contributed by atoms with E-state index in [9.17, 15) is 103 Å². The first-order valence-corrected chi connectivity index (χ1v) is 23.2. The predicted molar refractivity (Wildman–Crippen MR) is 188 cm³/mol. The third kappa shape index (κ3) is 14.4. The van der Waals surface area contributed by atoms with Gasteiger partial charge in [-0.2, -0.15) is 33.7 Å². The third-order valence-electron chi connectivity index (χ3n) is 9.37. The molecule has 40 heteroatoms. The standard InChI is InChI=1S/C26H41NO35S4/c1-4(29)27-7-9(31)8(30)6(3-52-63(40,41)42)54-24(7)57-14-10(32)11(33)25(59-19(14)22(37)38)56-13-5(2-28)53-26(20(62-66(49,50)51)17(13)61-65(46,47)48)58-15-12(34)16(60-64(43,44)45)23(39)55-18(15)21(35)36/h5-20,23-26,28,30-34,39H,2-3H2,1H3,(H,27,29)(H,35,36)(H,37,38)(H,40,41,42)(H,43,44,45)(H,46,47,48)(H,49,50,51)/t5-,6-,7-,8-,9-,10-,11-,12-,13-,14+,15+,16-,17+,18-,19+,20-,23?,24-,25-,26-/m1/s1. The molecule has 4 rings (SSSR count). The van der Waals surface area contributed by atoms with E-state index in [1.54, 1.807) is 0 Å². The van der Waals surface area contributed by atoms with Crippen LogP contribution in [0.2, 0.25) is 0 Å². The lowest BCUT2D eigenvalue weighted by Crippen LogP contribution is -2.69. The third-order valence-corrected chi connectivity index (χ3v) is 11.2. The molecule has 4 fully saturated rings. The maximum atomic E-state index is 12.5.